The number of piperidine rings is 1. The molecule has 4 N–H and O–H groups in total. The Bertz CT molecular complexity index is 889. The van der Waals surface area contributed by atoms with Gasteiger partial charge in [0.25, 0.3) is 0 Å². The molecule has 0 bridgehead atoms. The molecule has 0 spiro atoms. The lowest BCUT2D eigenvalue weighted by Gasteiger charge is -2.22. The molecule has 30 heavy (non-hydrogen) atoms. The van der Waals surface area contributed by atoms with Gasteiger partial charge in [0.05, 0.1) is 20.1 Å². The van der Waals surface area contributed by atoms with Crippen molar-refractivity contribution in [3.05, 3.63) is 34.5 Å². The van der Waals surface area contributed by atoms with E-state index in [0.717, 1.165) is 24.9 Å². The molecule has 0 unspecified atom stereocenters. The Morgan fingerprint density at radius 2 is 2.13 bits per heavy atom. The number of rotatable bonds is 8. The molecule has 1 fully saturated rings. The predicted molar refractivity (Wildman–Crippen MR) is 116 cm³/mol. The lowest BCUT2D eigenvalue weighted by atomic mass is 9.99. The molecule has 10 heteroatoms. The fraction of sp³-hybridized carbons (Fsp3) is 0.450. The summed E-state index contributed by atoms with van der Waals surface area (Å²) in [6.45, 7) is 3.83. The summed E-state index contributed by atoms with van der Waals surface area (Å²) in [7, 11) is 3.21. The number of ether oxygens (including phenoxy) is 2. The second-order valence-electron chi connectivity index (χ2n) is 7.00. The highest BCUT2D eigenvalue weighted by Gasteiger charge is 2.21. The number of nitrogens with one attached hydrogen (secondary N) is 4. The Labute approximate surface area is 180 Å². The normalized spacial score (nSPS) is 15.9. The van der Waals surface area contributed by atoms with Gasteiger partial charge in [-0.3, -0.25) is 15.6 Å². The second kappa shape index (κ2) is 10.3. The van der Waals surface area contributed by atoms with Crippen LogP contribution < -0.4 is 31.0 Å². The van der Waals surface area contributed by atoms with Crippen molar-refractivity contribution in [2.24, 2.45) is 5.92 Å². The molecule has 0 radical (unpaired) electrons. The minimum absolute atomic E-state index is 0.0657. The molecule has 1 aromatic heterocycles. The summed E-state index contributed by atoms with van der Waals surface area (Å²) in [6, 6.07) is 5.56. The Morgan fingerprint density at radius 1 is 1.30 bits per heavy atom. The number of hydrogen-bond donors (Lipinski definition) is 4. The van der Waals surface area contributed by atoms with Crippen molar-refractivity contribution in [1.82, 2.24) is 20.7 Å². The first kappa shape index (κ1) is 21.9. The molecular weight excluding hydrogens is 408 g/mol. The predicted octanol–water partition coefficient (Wildman–Crippen LogP) is 2.51. The summed E-state index contributed by atoms with van der Waals surface area (Å²) in [5.41, 5.74) is 7.17. The van der Waals surface area contributed by atoms with Gasteiger partial charge in [0.15, 0.2) is 5.82 Å². The van der Waals surface area contributed by atoms with Crippen molar-refractivity contribution < 1.29 is 14.3 Å². The van der Waals surface area contributed by atoms with E-state index in [4.69, 9.17) is 21.1 Å². The molecule has 162 valence electrons. The van der Waals surface area contributed by atoms with E-state index in [1.807, 2.05) is 18.2 Å². The summed E-state index contributed by atoms with van der Waals surface area (Å²) >= 11 is 6.27. The zero-order valence-corrected chi connectivity index (χ0v) is 18.1. The minimum Gasteiger partial charge on any atom is -0.497 e. The Kier molecular flexibility index (Phi) is 7.53. The van der Waals surface area contributed by atoms with E-state index in [1.54, 1.807) is 21.1 Å². The maximum atomic E-state index is 12.4. The van der Waals surface area contributed by atoms with Crippen LogP contribution in [0.3, 0.4) is 0 Å². The number of carbonyl (C=O) groups excluding carboxylic acids is 1. The first-order valence-corrected chi connectivity index (χ1v) is 10.1. The monoisotopic (exact) mass is 434 g/mol. The van der Waals surface area contributed by atoms with Gasteiger partial charge in [-0.15, -0.1) is 0 Å². The molecule has 2 heterocycles. The quantitative estimate of drug-likeness (QED) is 0.370. The number of halogens is 1. The van der Waals surface area contributed by atoms with Gasteiger partial charge < -0.3 is 20.1 Å². The van der Waals surface area contributed by atoms with Gasteiger partial charge in [0.1, 0.15) is 16.7 Å². The van der Waals surface area contributed by atoms with Gasteiger partial charge in [-0.2, -0.15) is 4.98 Å². The van der Waals surface area contributed by atoms with Crippen molar-refractivity contribution in [1.29, 1.82) is 0 Å². The largest absolute Gasteiger partial charge is 0.497 e. The third-order valence-corrected chi connectivity index (χ3v) is 5.36. The Balaban J connectivity index is 1.66. The smallest absolute Gasteiger partial charge is 0.242 e. The van der Waals surface area contributed by atoms with Gasteiger partial charge >= 0.3 is 0 Å². The number of carbonyl (C=O) groups is 1. The topological polar surface area (TPSA) is 109 Å². The van der Waals surface area contributed by atoms with Crippen molar-refractivity contribution in [2.45, 2.75) is 26.3 Å². The third-order valence-electron chi connectivity index (χ3n) is 4.99. The number of benzene rings is 1. The number of hydrogen-bond acceptors (Lipinski definition) is 8. The molecule has 3 rings (SSSR count). The molecule has 1 aromatic carbocycles. The van der Waals surface area contributed by atoms with Gasteiger partial charge in [-0.05, 0) is 38.4 Å². The van der Waals surface area contributed by atoms with Crippen LogP contribution >= 0.6 is 11.6 Å². The first-order valence-electron chi connectivity index (χ1n) is 9.77. The highest BCUT2D eigenvalue weighted by atomic mass is 35.5. The molecule has 0 aliphatic carbocycles. The van der Waals surface area contributed by atoms with Crippen LogP contribution in [0.15, 0.2) is 18.2 Å². The summed E-state index contributed by atoms with van der Waals surface area (Å²) in [5, 5.41) is 6.67. The van der Waals surface area contributed by atoms with Gasteiger partial charge in [0.2, 0.25) is 11.9 Å². The number of aromatic nitrogens is 2. The number of hydrazine groups is 1. The van der Waals surface area contributed by atoms with Crippen molar-refractivity contribution in [2.75, 3.05) is 38.1 Å². The summed E-state index contributed by atoms with van der Waals surface area (Å²) < 4.78 is 10.6. The molecule has 1 saturated heterocycles. The maximum absolute atomic E-state index is 12.4. The van der Waals surface area contributed by atoms with E-state index in [1.165, 1.54) is 0 Å². The summed E-state index contributed by atoms with van der Waals surface area (Å²) in [6.07, 6.45) is 1.85. The molecule has 1 amide bonds. The van der Waals surface area contributed by atoms with E-state index < -0.39 is 0 Å². The summed E-state index contributed by atoms with van der Waals surface area (Å²) in [5.74, 6) is 2.03. The average Bonchev–Trinajstić information content (AvgIpc) is 2.79. The van der Waals surface area contributed by atoms with Crippen molar-refractivity contribution >= 4 is 29.3 Å². The van der Waals surface area contributed by atoms with Crippen LogP contribution in [0.25, 0.3) is 0 Å². The van der Waals surface area contributed by atoms with Crippen LogP contribution in [-0.4, -0.2) is 43.2 Å². The molecule has 2 aromatic rings. The van der Waals surface area contributed by atoms with Crippen LogP contribution in [0, 0.1) is 12.8 Å². The van der Waals surface area contributed by atoms with Crippen LogP contribution in [0.2, 0.25) is 5.15 Å². The SMILES string of the molecule is COc1ccc(CNc2nc(Cl)c(C)c(NNC(=O)[C@@H]3CCCNC3)n2)c(OC)c1. The number of methoxy groups -OCH3 is 2. The fourth-order valence-corrected chi connectivity index (χ4v) is 3.33. The van der Waals surface area contributed by atoms with Gasteiger partial charge in [-0.1, -0.05) is 11.6 Å². The highest BCUT2D eigenvalue weighted by Crippen LogP contribution is 2.26. The van der Waals surface area contributed by atoms with Crippen LogP contribution in [0.5, 0.6) is 11.5 Å². The highest BCUT2D eigenvalue weighted by molar-refractivity contribution is 6.30. The zero-order valence-electron chi connectivity index (χ0n) is 17.3. The van der Waals surface area contributed by atoms with Gasteiger partial charge in [-0.25, -0.2) is 4.98 Å². The van der Waals surface area contributed by atoms with E-state index in [-0.39, 0.29) is 11.8 Å². The Hall–Kier alpha value is -2.78. The fourth-order valence-electron chi connectivity index (χ4n) is 3.16. The number of amides is 1. The minimum atomic E-state index is -0.0752. The molecule has 1 atom stereocenters. The zero-order chi connectivity index (χ0) is 21.5. The van der Waals surface area contributed by atoms with E-state index >= 15 is 0 Å². The van der Waals surface area contributed by atoms with Crippen LogP contribution in [-0.2, 0) is 11.3 Å². The molecule has 1 aliphatic heterocycles. The molecule has 0 saturated carbocycles. The standard InChI is InChI=1S/C20H27ClN6O3/c1-12-17(21)24-20(23-11-13-6-7-15(29-2)9-16(13)30-3)25-18(12)26-27-19(28)14-5-4-8-22-10-14/h6-7,9,14,22H,4-5,8,10-11H2,1-3H3,(H,27,28)(H2,23,24,25,26)/t14-/m1/s1. The van der Waals surface area contributed by atoms with Crippen molar-refractivity contribution in [3.8, 4) is 11.5 Å². The van der Waals surface area contributed by atoms with Gasteiger partial charge in [0, 0.05) is 30.3 Å². The summed E-state index contributed by atoms with van der Waals surface area (Å²) in [4.78, 5) is 21.1. The van der Waals surface area contributed by atoms with E-state index in [0.29, 0.717) is 47.1 Å². The Morgan fingerprint density at radius 3 is 2.83 bits per heavy atom. The lowest BCUT2D eigenvalue weighted by Crippen LogP contribution is -2.42. The van der Waals surface area contributed by atoms with Crippen LogP contribution in [0.1, 0.15) is 24.0 Å². The second-order valence-corrected chi connectivity index (χ2v) is 7.36. The van der Waals surface area contributed by atoms with E-state index in [9.17, 15) is 4.79 Å². The van der Waals surface area contributed by atoms with Crippen molar-refractivity contribution in [3.63, 3.8) is 0 Å². The number of nitrogens with zero attached hydrogens (tertiary/aromatic N) is 2. The molecule has 1 aliphatic rings. The molecule has 9 nitrogen and oxygen atoms in total. The van der Waals surface area contributed by atoms with E-state index in [2.05, 4.69) is 31.5 Å². The molecular formula is C20H27ClN6O3. The number of anilines is 2. The average molecular weight is 435 g/mol. The first-order chi connectivity index (χ1) is 14.5. The maximum Gasteiger partial charge on any atom is 0.242 e. The lowest BCUT2D eigenvalue weighted by molar-refractivity contribution is -0.124. The third kappa shape index (κ3) is 5.43. The van der Waals surface area contributed by atoms with Crippen LogP contribution in [0.4, 0.5) is 11.8 Å².